The van der Waals surface area contributed by atoms with Crippen molar-refractivity contribution in [2.24, 2.45) is 0 Å². The molecular formula is C17H16Cl2F2O2S. The summed E-state index contributed by atoms with van der Waals surface area (Å²) in [6, 6.07) is 8.07. The third-order valence-electron chi connectivity index (χ3n) is 3.73. The number of sulfone groups is 1. The van der Waals surface area contributed by atoms with Gasteiger partial charge in [0.2, 0.25) is 9.84 Å². The first kappa shape index (κ1) is 19.2. The number of halogens is 4. The molecule has 0 aliphatic carbocycles. The summed E-state index contributed by atoms with van der Waals surface area (Å²) in [6.07, 6.45) is 1.05. The maximum absolute atomic E-state index is 14.3. The van der Waals surface area contributed by atoms with Crippen LogP contribution in [0.4, 0.5) is 8.78 Å². The minimum atomic E-state index is -4.18. The van der Waals surface area contributed by atoms with Crippen molar-refractivity contribution in [3.8, 4) is 0 Å². The number of rotatable bonds is 6. The highest BCUT2D eigenvalue weighted by molar-refractivity contribution is 7.93. The summed E-state index contributed by atoms with van der Waals surface area (Å²) in [4.78, 5) is -0.0957. The molecule has 0 N–H and O–H groups in total. The van der Waals surface area contributed by atoms with Crippen LogP contribution in [0.1, 0.15) is 31.7 Å². The Morgan fingerprint density at radius 3 is 2.29 bits per heavy atom. The van der Waals surface area contributed by atoms with Gasteiger partial charge in [-0.2, -0.15) is 0 Å². The summed E-state index contributed by atoms with van der Waals surface area (Å²) < 4.78 is 51.9. The highest BCUT2D eigenvalue weighted by atomic mass is 35.5. The molecule has 0 radical (unpaired) electrons. The van der Waals surface area contributed by atoms with Gasteiger partial charge in [-0.1, -0.05) is 43.0 Å². The van der Waals surface area contributed by atoms with E-state index in [1.165, 1.54) is 24.3 Å². The van der Waals surface area contributed by atoms with Gasteiger partial charge in [0, 0.05) is 10.6 Å². The van der Waals surface area contributed by atoms with Crippen LogP contribution in [0, 0.1) is 11.6 Å². The van der Waals surface area contributed by atoms with Crippen LogP contribution in [0.15, 0.2) is 47.4 Å². The molecule has 0 saturated heterocycles. The van der Waals surface area contributed by atoms with E-state index >= 15 is 0 Å². The lowest BCUT2D eigenvalue weighted by Gasteiger charge is -2.28. The molecule has 0 fully saturated rings. The zero-order chi connectivity index (χ0) is 18.0. The molecule has 0 amide bonds. The van der Waals surface area contributed by atoms with E-state index in [2.05, 4.69) is 0 Å². The minimum absolute atomic E-state index is 0.0452. The molecule has 2 aromatic rings. The fourth-order valence-electron chi connectivity index (χ4n) is 2.40. The number of unbranched alkanes of at least 4 members (excludes halogenated alkanes) is 1. The van der Waals surface area contributed by atoms with Gasteiger partial charge in [0.15, 0.2) is 4.21 Å². The van der Waals surface area contributed by atoms with E-state index in [4.69, 9.17) is 23.2 Å². The zero-order valence-electron chi connectivity index (χ0n) is 12.9. The Kier molecular flexibility index (Phi) is 5.89. The van der Waals surface area contributed by atoms with Gasteiger partial charge < -0.3 is 0 Å². The molecule has 130 valence electrons. The lowest BCUT2D eigenvalue weighted by Crippen LogP contribution is -2.31. The van der Waals surface area contributed by atoms with Gasteiger partial charge in [-0.25, -0.2) is 17.2 Å². The second-order valence-electron chi connectivity index (χ2n) is 5.41. The third-order valence-corrected chi connectivity index (χ3v) is 7.16. The van der Waals surface area contributed by atoms with E-state index in [0.29, 0.717) is 17.9 Å². The second kappa shape index (κ2) is 7.38. The molecule has 1 atom stereocenters. The molecule has 0 bridgehead atoms. The molecule has 0 aliphatic heterocycles. The van der Waals surface area contributed by atoms with E-state index in [9.17, 15) is 17.2 Å². The molecule has 0 heterocycles. The summed E-state index contributed by atoms with van der Waals surface area (Å²) >= 11 is 12.2. The molecule has 2 rings (SSSR count). The van der Waals surface area contributed by atoms with Crippen molar-refractivity contribution < 1.29 is 17.2 Å². The van der Waals surface area contributed by atoms with Crippen LogP contribution >= 0.6 is 23.2 Å². The van der Waals surface area contributed by atoms with Crippen LogP contribution in [0.3, 0.4) is 0 Å². The van der Waals surface area contributed by atoms with Gasteiger partial charge in [0.05, 0.1) is 4.90 Å². The van der Waals surface area contributed by atoms with Gasteiger partial charge in [0.25, 0.3) is 0 Å². The van der Waals surface area contributed by atoms with E-state index in [1.54, 1.807) is 0 Å². The van der Waals surface area contributed by atoms with Gasteiger partial charge in [-0.15, -0.1) is 0 Å². The summed E-state index contributed by atoms with van der Waals surface area (Å²) in [6.45, 7) is 1.86. The van der Waals surface area contributed by atoms with Crippen LogP contribution in [-0.2, 0) is 14.0 Å². The standard InChI is InChI=1S/C17H16Cl2F2O2S/c1-2-3-10-17(19,15-11-13(20)6-9-16(15)21)24(22,23)14-7-4-12(18)5-8-14/h4-9,11H,2-3,10H2,1H3/t17-/m1/s1. The largest absolute Gasteiger partial charge is 0.221 e. The van der Waals surface area contributed by atoms with Crippen molar-refractivity contribution in [1.82, 2.24) is 0 Å². The number of alkyl halides is 1. The van der Waals surface area contributed by atoms with E-state index < -0.39 is 25.7 Å². The van der Waals surface area contributed by atoms with Gasteiger partial charge in [-0.05, 0) is 48.9 Å². The highest BCUT2D eigenvalue weighted by Crippen LogP contribution is 2.45. The lowest BCUT2D eigenvalue weighted by molar-refractivity contribution is 0.526. The fraction of sp³-hybridized carbons (Fsp3) is 0.294. The Morgan fingerprint density at radius 2 is 1.71 bits per heavy atom. The lowest BCUT2D eigenvalue weighted by atomic mass is 10.1. The van der Waals surface area contributed by atoms with Crippen molar-refractivity contribution in [1.29, 1.82) is 0 Å². The summed E-state index contributed by atoms with van der Waals surface area (Å²) in [5, 5.41) is 0.361. The topological polar surface area (TPSA) is 34.1 Å². The van der Waals surface area contributed by atoms with Crippen LogP contribution in [-0.4, -0.2) is 8.42 Å². The summed E-state index contributed by atoms with van der Waals surface area (Å²) in [5.74, 6) is -1.61. The maximum atomic E-state index is 14.3. The van der Waals surface area contributed by atoms with Crippen LogP contribution in [0.25, 0.3) is 0 Å². The first-order valence-corrected chi connectivity index (χ1v) is 9.61. The second-order valence-corrected chi connectivity index (χ2v) is 8.89. The molecule has 0 unspecified atom stereocenters. The van der Waals surface area contributed by atoms with Crippen molar-refractivity contribution in [2.75, 3.05) is 0 Å². The number of hydrogen-bond acceptors (Lipinski definition) is 2. The molecule has 0 aromatic heterocycles. The molecule has 7 heteroatoms. The Morgan fingerprint density at radius 1 is 1.08 bits per heavy atom. The fourth-order valence-corrected chi connectivity index (χ4v) is 4.80. The molecule has 24 heavy (non-hydrogen) atoms. The minimum Gasteiger partial charge on any atom is -0.221 e. The molecule has 0 saturated carbocycles. The van der Waals surface area contributed by atoms with Crippen LogP contribution in [0.2, 0.25) is 5.02 Å². The van der Waals surface area contributed by atoms with Crippen molar-refractivity contribution in [3.63, 3.8) is 0 Å². The number of hydrogen-bond donors (Lipinski definition) is 0. The zero-order valence-corrected chi connectivity index (χ0v) is 15.2. The average molecular weight is 393 g/mol. The summed E-state index contributed by atoms with van der Waals surface area (Å²) in [7, 11) is -4.18. The first-order valence-electron chi connectivity index (χ1n) is 7.37. The Balaban J connectivity index is 2.66. The average Bonchev–Trinajstić information content (AvgIpc) is 2.55. The van der Waals surface area contributed by atoms with Gasteiger partial charge in [-0.3, -0.25) is 0 Å². The molecule has 2 nitrogen and oxygen atoms in total. The molecule has 0 aliphatic rings. The smallest absolute Gasteiger partial charge is 0.202 e. The Labute approximate surface area is 150 Å². The van der Waals surface area contributed by atoms with Crippen molar-refractivity contribution in [2.45, 2.75) is 35.3 Å². The van der Waals surface area contributed by atoms with Crippen LogP contribution < -0.4 is 0 Å². The normalized spacial score (nSPS) is 14.4. The molecular weight excluding hydrogens is 377 g/mol. The Hall–Kier alpha value is -1.17. The predicted molar refractivity (Wildman–Crippen MR) is 92.1 cm³/mol. The number of benzene rings is 2. The monoisotopic (exact) mass is 392 g/mol. The highest BCUT2D eigenvalue weighted by Gasteiger charge is 2.46. The maximum Gasteiger partial charge on any atom is 0.202 e. The van der Waals surface area contributed by atoms with Crippen molar-refractivity contribution >= 4 is 33.0 Å². The SMILES string of the molecule is CCCC[C@](Cl)(c1cc(F)ccc1F)S(=O)(=O)c1ccc(Cl)cc1. The van der Waals surface area contributed by atoms with Crippen LogP contribution in [0.5, 0.6) is 0 Å². The Bertz CT molecular complexity index is 823. The summed E-state index contributed by atoms with van der Waals surface area (Å²) in [5.41, 5.74) is -0.382. The molecule has 0 spiro atoms. The van der Waals surface area contributed by atoms with Crippen molar-refractivity contribution in [3.05, 3.63) is 64.7 Å². The first-order chi connectivity index (χ1) is 11.2. The van der Waals surface area contributed by atoms with E-state index in [1.807, 2.05) is 6.92 Å². The quantitative estimate of drug-likeness (QED) is 0.593. The van der Waals surface area contributed by atoms with E-state index in [0.717, 1.165) is 18.2 Å². The van der Waals surface area contributed by atoms with Gasteiger partial charge >= 0.3 is 0 Å². The van der Waals surface area contributed by atoms with Gasteiger partial charge in [0.1, 0.15) is 11.6 Å². The van der Waals surface area contributed by atoms with E-state index in [-0.39, 0.29) is 16.9 Å². The molecule has 2 aromatic carbocycles. The predicted octanol–water partition coefficient (Wildman–Crippen LogP) is 5.67. The third kappa shape index (κ3) is 3.58.